The van der Waals surface area contributed by atoms with Gasteiger partial charge in [-0.2, -0.15) is 0 Å². The summed E-state index contributed by atoms with van der Waals surface area (Å²) >= 11 is 4.94. The highest BCUT2D eigenvalue weighted by atomic mass is 79.9. The number of hydrogen-bond acceptors (Lipinski definition) is 4. The first-order valence-corrected chi connectivity index (χ1v) is 9.10. The quantitative estimate of drug-likeness (QED) is 0.588. The minimum Gasteiger partial charge on any atom is -0.360 e. The van der Waals surface area contributed by atoms with Crippen LogP contribution in [0.3, 0.4) is 0 Å². The highest BCUT2D eigenvalue weighted by Crippen LogP contribution is 2.27. The first-order chi connectivity index (χ1) is 11.6. The van der Waals surface area contributed by atoms with Crippen molar-refractivity contribution in [3.63, 3.8) is 0 Å². The van der Waals surface area contributed by atoms with Gasteiger partial charge in [0.05, 0.1) is 17.0 Å². The maximum absolute atomic E-state index is 12.6. The van der Waals surface area contributed by atoms with E-state index < -0.39 is 0 Å². The molecule has 0 spiro atoms. The molecule has 0 aliphatic rings. The van der Waals surface area contributed by atoms with Gasteiger partial charge in [-0.05, 0) is 43.3 Å². The van der Waals surface area contributed by atoms with Gasteiger partial charge in [0.2, 0.25) is 0 Å². The second kappa shape index (κ2) is 7.68. The Labute approximate surface area is 152 Å². The molecule has 1 heterocycles. The third-order valence-corrected chi connectivity index (χ3v) is 4.90. The number of aromatic nitrogens is 1. The molecular formula is C18H15BrN2O2S. The van der Waals surface area contributed by atoms with Crippen molar-refractivity contribution >= 4 is 39.3 Å². The molecule has 6 heteroatoms. The van der Waals surface area contributed by atoms with Crippen LogP contribution in [0.5, 0.6) is 0 Å². The zero-order valence-electron chi connectivity index (χ0n) is 13.0. The number of rotatable bonds is 5. The standard InChI is InChI=1S/C18H15BrN2O2S/c1-12-10-15(23-21-12)11-24-17-5-3-2-4-16(17)18(22)20-14-8-6-13(19)7-9-14/h2-10H,11H2,1H3,(H,20,22). The lowest BCUT2D eigenvalue weighted by atomic mass is 10.2. The van der Waals surface area contributed by atoms with E-state index >= 15 is 0 Å². The van der Waals surface area contributed by atoms with Crippen molar-refractivity contribution in [2.24, 2.45) is 0 Å². The third-order valence-electron chi connectivity index (χ3n) is 3.28. The lowest BCUT2D eigenvalue weighted by molar-refractivity contribution is 0.102. The van der Waals surface area contributed by atoms with Gasteiger partial charge in [0.1, 0.15) is 5.76 Å². The molecular weight excluding hydrogens is 388 g/mol. The van der Waals surface area contributed by atoms with E-state index in [1.807, 2.05) is 61.5 Å². The van der Waals surface area contributed by atoms with Gasteiger partial charge in [-0.25, -0.2) is 0 Å². The van der Waals surface area contributed by atoms with Crippen LogP contribution in [0.1, 0.15) is 21.8 Å². The van der Waals surface area contributed by atoms with Crippen LogP contribution in [-0.4, -0.2) is 11.1 Å². The molecule has 3 aromatic rings. The van der Waals surface area contributed by atoms with Crippen LogP contribution in [0.25, 0.3) is 0 Å². The van der Waals surface area contributed by atoms with Crippen LogP contribution < -0.4 is 5.32 Å². The number of benzene rings is 2. The van der Waals surface area contributed by atoms with Crippen LogP contribution >= 0.6 is 27.7 Å². The molecule has 0 atom stereocenters. The SMILES string of the molecule is Cc1cc(CSc2ccccc2C(=O)Nc2ccc(Br)cc2)on1. The maximum atomic E-state index is 12.6. The van der Waals surface area contributed by atoms with Crippen molar-refractivity contribution in [3.05, 3.63) is 76.1 Å². The molecule has 122 valence electrons. The van der Waals surface area contributed by atoms with E-state index in [9.17, 15) is 4.79 Å². The number of thioether (sulfide) groups is 1. The van der Waals surface area contributed by atoms with Gasteiger partial charge in [0.25, 0.3) is 5.91 Å². The Hall–Kier alpha value is -2.05. The number of anilines is 1. The Kier molecular flexibility index (Phi) is 5.37. The Bertz CT molecular complexity index is 846. The molecule has 1 N–H and O–H groups in total. The zero-order chi connectivity index (χ0) is 16.9. The maximum Gasteiger partial charge on any atom is 0.256 e. The molecule has 24 heavy (non-hydrogen) atoms. The summed E-state index contributed by atoms with van der Waals surface area (Å²) in [4.78, 5) is 13.5. The number of halogens is 1. The molecule has 0 fully saturated rings. The summed E-state index contributed by atoms with van der Waals surface area (Å²) in [5.41, 5.74) is 2.25. The van der Waals surface area contributed by atoms with Crippen molar-refractivity contribution in [3.8, 4) is 0 Å². The highest BCUT2D eigenvalue weighted by molar-refractivity contribution is 9.10. The molecule has 1 amide bonds. The van der Waals surface area contributed by atoms with Gasteiger partial charge in [0.15, 0.2) is 0 Å². The fraction of sp³-hybridized carbons (Fsp3) is 0.111. The van der Waals surface area contributed by atoms with Crippen LogP contribution in [0.4, 0.5) is 5.69 Å². The molecule has 0 radical (unpaired) electrons. The highest BCUT2D eigenvalue weighted by Gasteiger charge is 2.12. The van der Waals surface area contributed by atoms with E-state index in [-0.39, 0.29) is 5.91 Å². The second-order valence-corrected chi connectivity index (χ2v) is 7.11. The monoisotopic (exact) mass is 402 g/mol. The Morgan fingerprint density at radius 2 is 1.96 bits per heavy atom. The summed E-state index contributed by atoms with van der Waals surface area (Å²) in [6.45, 7) is 1.89. The third kappa shape index (κ3) is 4.27. The van der Waals surface area contributed by atoms with Gasteiger partial charge in [-0.15, -0.1) is 11.8 Å². The fourth-order valence-corrected chi connectivity index (χ4v) is 3.33. The lowest BCUT2D eigenvalue weighted by Gasteiger charge is -2.09. The number of aryl methyl sites for hydroxylation is 1. The molecule has 0 aliphatic carbocycles. The van der Waals surface area contributed by atoms with Crippen molar-refractivity contribution < 1.29 is 9.32 Å². The molecule has 0 unspecified atom stereocenters. The molecule has 0 saturated heterocycles. The fourth-order valence-electron chi connectivity index (χ4n) is 2.14. The summed E-state index contributed by atoms with van der Waals surface area (Å²) < 4.78 is 6.19. The topological polar surface area (TPSA) is 55.1 Å². The number of amides is 1. The van der Waals surface area contributed by atoms with E-state index in [1.165, 1.54) is 0 Å². The zero-order valence-corrected chi connectivity index (χ0v) is 15.4. The number of carbonyl (C=O) groups excluding carboxylic acids is 1. The summed E-state index contributed by atoms with van der Waals surface area (Å²) in [5, 5.41) is 6.80. The van der Waals surface area contributed by atoms with E-state index in [1.54, 1.807) is 11.8 Å². The molecule has 4 nitrogen and oxygen atoms in total. The van der Waals surface area contributed by atoms with E-state index in [4.69, 9.17) is 4.52 Å². The molecule has 0 aliphatic heterocycles. The van der Waals surface area contributed by atoms with Gasteiger partial charge >= 0.3 is 0 Å². The molecule has 2 aromatic carbocycles. The van der Waals surface area contributed by atoms with E-state index in [0.717, 1.165) is 26.5 Å². The second-order valence-electron chi connectivity index (χ2n) is 5.18. The predicted octanol–water partition coefficient (Wildman–Crippen LogP) is 5.29. The van der Waals surface area contributed by atoms with Crippen molar-refractivity contribution in [2.75, 3.05) is 5.32 Å². The number of nitrogens with zero attached hydrogens (tertiary/aromatic N) is 1. The van der Waals surface area contributed by atoms with E-state index in [2.05, 4.69) is 26.4 Å². The van der Waals surface area contributed by atoms with Gasteiger partial charge in [0, 0.05) is 21.1 Å². The molecule has 0 saturated carbocycles. The average Bonchev–Trinajstić information content (AvgIpc) is 3.01. The Morgan fingerprint density at radius 3 is 2.67 bits per heavy atom. The Balaban J connectivity index is 1.72. The van der Waals surface area contributed by atoms with E-state index in [0.29, 0.717) is 11.3 Å². The number of nitrogens with one attached hydrogen (secondary N) is 1. The molecule has 3 rings (SSSR count). The van der Waals surface area contributed by atoms with Crippen molar-refractivity contribution in [1.82, 2.24) is 5.16 Å². The lowest BCUT2D eigenvalue weighted by Crippen LogP contribution is -2.12. The number of carbonyl (C=O) groups is 1. The Morgan fingerprint density at radius 1 is 1.21 bits per heavy atom. The van der Waals surface area contributed by atoms with Crippen LogP contribution in [0.2, 0.25) is 0 Å². The largest absolute Gasteiger partial charge is 0.360 e. The normalized spacial score (nSPS) is 10.6. The average molecular weight is 403 g/mol. The smallest absolute Gasteiger partial charge is 0.256 e. The van der Waals surface area contributed by atoms with Crippen LogP contribution in [0.15, 0.2) is 68.5 Å². The van der Waals surface area contributed by atoms with Crippen molar-refractivity contribution in [1.29, 1.82) is 0 Å². The summed E-state index contributed by atoms with van der Waals surface area (Å²) in [5.74, 6) is 1.29. The van der Waals surface area contributed by atoms with Crippen LogP contribution in [0, 0.1) is 6.92 Å². The molecule has 1 aromatic heterocycles. The summed E-state index contributed by atoms with van der Waals surface area (Å²) in [6, 6.07) is 16.9. The van der Waals surface area contributed by atoms with Gasteiger partial charge in [-0.3, -0.25) is 4.79 Å². The first-order valence-electron chi connectivity index (χ1n) is 7.33. The number of hydrogen-bond donors (Lipinski definition) is 1. The first kappa shape index (κ1) is 16.8. The molecule has 0 bridgehead atoms. The van der Waals surface area contributed by atoms with Crippen molar-refractivity contribution in [2.45, 2.75) is 17.6 Å². The minimum atomic E-state index is -0.130. The summed E-state index contributed by atoms with van der Waals surface area (Å²) in [7, 11) is 0. The predicted molar refractivity (Wildman–Crippen MR) is 99.3 cm³/mol. The minimum absolute atomic E-state index is 0.130. The van der Waals surface area contributed by atoms with Gasteiger partial charge in [-0.1, -0.05) is 33.2 Å². The van der Waals surface area contributed by atoms with Gasteiger partial charge < -0.3 is 9.84 Å². The van der Waals surface area contributed by atoms with Crippen LogP contribution in [-0.2, 0) is 5.75 Å². The summed E-state index contributed by atoms with van der Waals surface area (Å²) in [6.07, 6.45) is 0.